The number of amides is 1. The van der Waals surface area contributed by atoms with Crippen LogP contribution in [0.4, 0.5) is 5.69 Å². The van der Waals surface area contributed by atoms with E-state index in [1.54, 1.807) is 30.5 Å². The number of hydrogen-bond acceptors (Lipinski definition) is 5. The molecule has 7 heteroatoms. The zero-order valence-electron chi connectivity index (χ0n) is 16.4. The Kier molecular flexibility index (Phi) is 6.85. The van der Waals surface area contributed by atoms with E-state index in [2.05, 4.69) is 34.6 Å². The van der Waals surface area contributed by atoms with Crippen molar-refractivity contribution in [3.63, 3.8) is 0 Å². The molecule has 6 nitrogen and oxygen atoms in total. The molecule has 0 bridgehead atoms. The Balaban J connectivity index is 1.63. The van der Waals surface area contributed by atoms with E-state index in [1.165, 1.54) is 24.2 Å². The van der Waals surface area contributed by atoms with Crippen LogP contribution >= 0.6 is 11.8 Å². The van der Waals surface area contributed by atoms with Crippen LogP contribution in [0.3, 0.4) is 0 Å². The van der Waals surface area contributed by atoms with Gasteiger partial charge in [0.25, 0.3) is 0 Å². The second kappa shape index (κ2) is 9.54. The summed E-state index contributed by atoms with van der Waals surface area (Å²) in [4.78, 5) is 28.0. The van der Waals surface area contributed by atoms with E-state index in [1.807, 2.05) is 11.5 Å². The second-order valence-electron chi connectivity index (χ2n) is 6.76. The molecule has 2 aromatic carbocycles. The Morgan fingerprint density at radius 2 is 1.79 bits per heavy atom. The fraction of sp³-hybridized carbons (Fsp3) is 0.227. The molecule has 0 aliphatic heterocycles. The first kappa shape index (κ1) is 20.8. The van der Waals surface area contributed by atoms with E-state index in [4.69, 9.17) is 0 Å². The normalized spacial score (nSPS) is 10.7. The average molecular weight is 410 g/mol. The number of thioether (sulfide) groups is 1. The molecule has 150 valence electrons. The van der Waals surface area contributed by atoms with Crippen LogP contribution in [0.1, 0.15) is 34.1 Å². The molecule has 1 aromatic heterocycles. The van der Waals surface area contributed by atoms with Crippen LogP contribution in [0.2, 0.25) is 0 Å². The van der Waals surface area contributed by atoms with Gasteiger partial charge in [0.05, 0.1) is 18.1 Å². The third kappa shape index (κ3) is 5.79. The number of ketones is 1. The summed E-state index contributed by atoms with van der Waals surface area (Å²) >= 11 is 1.32. The number of carbonyl (C=O) groups excluding carboxylic acids is 2. The molecule has 0 radical (unpaired) electrons. The minimum atomic E-state index is -0.166. The number of aliphatic hydroxyl groups is 1. The van der Waals surface area contributed by atoms with Crippen LogP contribution in [-0.4, -0.2) is 32.1 Å². The molecule has 0 saturated heterocycles. The number of imidazole rings is 1. The zero-order chi connectivity index (χ0) is 20.8. The van der Waals surface area contributed by atoms with Gasteiger partial charge in [0.1, 0.15) is 0 Å². The van der Waals surface area contributed by atoms with Crippen LogP contribution in [0, 0.1) is 6.92 Å². The number of aliphatic hydroxyl groups excluding tert-OH is 1. The highest BCUT2D eigenvalue weighted by molar-refractivity contribution is 7.99. The number of Topliss-reactive ketones (excluding diaryl/α,β-unsaturated/α-hetero) is 1. The van der Waals surface area contributed by atoms with Crippen molar-refractivity contribution in [2.24, 2.45) is 0 Å². The van der Waals surface area contributed by atoms with E-state index in [0.29, 0.717) is 28.6 Å². The maximum absolute atomic E-state index is 12.3. The molecule has 0 spiro atoms. The largest absolute Gasteiger partial charge is 0.390 e. The fourth-order valence-corrected chi connectivity index (χ4v) is 3.56. The first-order valence-electron chi connectivity index (χ1n) is 9.20. The summed E-state index contributed by atoms with van der Waals surface area (Å²) in [6.07, 6.45) is 1.81. The Bertz CT molecular complexity index is 995. The molecular formula is C22H23N3O3S. The second-order valence-corrected chi connectivity index (χ2v) is 7.70. The molecule has 3 aromatic rings. The highest BCUT2D eigenvalue weighted by atomic mass is 32.2. The highest BCUT2D eigenvalue weighted by Crippen LogP contribution is 2.20. The Hall–Kier alpha value is -2.90. The minimum Gasteiger partial charge on any atom is -0.390 e. The van der Waals surface area contributed by atoms with Gasteiger partial charge in [0, 0.05) is 24.0 Å². The first-order chi connectivity index (χ1) is 13.9. The summed E-state index contributed by atoms with van der Waals surface area (Å²) in [5, 5.41) is 12.9. The molecule has 1 heterocycles. The van der Waals surface area contributed by atoms with E-state index < -0.39 is 0 Å². The summed E-state index contributed by atoms with van der Waals surface area (Å²) in [6, 6.07) is 15.0. The Morgan fingerprint density at radius 3 is 2.41 bits per heavy atom. The van der Waals surface area contributed by atoms with Crippen LogP contribution in [0.15, 0.2) is 59.9 Å². The van der Waals surface area contributed by atoms with Crippen molar-refractivity contribution >= 4 is 29.1 Å². The molecule has 0 aliphatic rings. The monoisotopic (exact) mass is 409 g/mol. The molecule has 2 N–H and O–H groups in total. The predicted octanol–water partition coefficient (Wildman–Crippen LogP) is 3.67. The predicted molar refractivity (Wildman–Crippen MR) is 114 cm³/mol. The van der Waals surface area contributed by atoms with E-state index in [9.17, 15) is 14.7 Å². The first-order valence-corrected chi connectivity index (χ1v) is 10.2. The summed E-state index contributed by atoms with van der Waals surface area (Å²) in [5.74, 6) is 0.00378. The quantitative estimate of drug-likeness (QED) is 0.438. The van der Waals surface area contributed by atoms with E-state index in [0.717, 1.165) is 5.56 Å². The lowest BCUT2D eigenvalue weighted by molar-refractivity contribution is -0.113. The third-order valence-corrected chi connectivity index (χ3v) is 5.32. The molecule has 0 aliphatic carbocycles. The number of rotatable bonds is 8. The van der Waals surface area contributed by atoms with E-state index >= 15 is 0 Å². The number of benzene rings is 2. The number of carbonyl (C=O) groups is 2. The SMILES string of the molecule is CC(=O)c1ccc(NC(=O)CSc2nc(CO)cn2Cc2ccc(C)cc2)cc1. The zero-order valence-corrected chi connectivity index (χ0v) is 17.2. The van der Waals surface area contributed by atoms with Gasteiger partial charge in [-0.15, -0.1) is 0 Å². The number of anilines is 1. The van der Waals surface area contributed by atoms with Crippen LogP contribution < -0.4 is 5.32 Å². The van der Waals surface area contributed by atoms with Gasteiger partial charge in [-0.05, 0) is 43.7 Å². The maximum Gasteiger partial charge on any atom is 0.234 e. The van der Waals surface area contributed by atoms with Gasteiger partial charge in [0.2, 0.25) is 5.91 Å². The standard InChI is InChI=1S/C22H23N3O3S/c1-15-3-5-17(6-4-15)11-25-12-20(13-26)24-22(25)29-14-21(28)23-19-9-7-18(8-10-19)16(2)27/h3-10,12,26H,11,13-14H2,1-2H3,(H,23,28). The van der Waals surface area contributed by atoms with Crippen LogP contribution in [0.5, 0.6) is 0 Å². The molecule has 0 atom stereocenters. The van der Waals surface area contributed by atoms with Crippen molar-refractivity contribution in [3.05, 3.63) is 77.1 Å². The minimum absolute atomic E-state index is 0.0152. The van der Waals surface area contributed by atoms with Gasteiger partial charge < -0.3 is 15.0 Å². The van der Waals surface area contributed by atoms with Gasteiger partial charge >= 0.3 is 0 Å². The average Bonchev–Trinajstić information content (AvgIpc) is 3.10. The van der Waals surface area contributed by atoms with Crippen molar-refractivity contribution in [2.45, 2.75) is 32.2 Å². The lowest BCUT2D eigenvalue weighted by Crippen LogP contribution is -2.14. The third-order valence-electron chi connectivity index (χ3n) is 4.33. The fourth-order valence-electron chi connectivity index (χ4n) is 2.76. The van der Waals surface area contributed by atoms with Gasteiger partial charge in [0.15, 0.2) is 10.9 Å². The van der Waals surface area contributed by atoms with Gasteiger partial charge in [-0.3, -0.25) is 9.59 Å². The molecule has 3 rings (SSSR count). The summed E-state index contributed by atoms with van der Waals surface area (Å²) < 4.78 is 1.94. The molecule has 0 unspecified atom stereocenters. The molecule has 29 heavy (non-hydrogen) atoms. The smallest absolute Gasteiger partial charge is 0.234 e. The van der Waals surface area contributed by atoms with Crippen molar-refractivity contribution in [2.75, 3.05) is 11.1 Å². The summed E-state index contributed by atoms with van der Waals surface area (Å²) in [6.45, 7) is 4.01. The van der Waals surface area contributed by atoms with Gasteiger partial charge in [-0.2, -0.15) is 0 Å². The molecule has 0 fully saturated rings. The maximum atomic E-state index is 12.3. The number of aromatic nitrogens is 2. The number of aryl methyl sites for hydroxylation is 1. The van der Waals surface area contributed by atoms with Crippen molar-refractivity contribution in [3.8, 4) is 0 Å². The topological polar surface area (TPSA) is 84.2 Å². The van der Waals surface area contributed by atoms with Crippen LogP contribution in [-0.2, 0) is 17.9 Å². The summed E-state index contributed by atoms with van der Waals surface area (Å²) in [5.41, 5.74) is 4.12. The van der Waals surface area contributed by atoms with Crippen molar-refractivity contribution in [1.29, 1.82) is 0 Å². The van der Waals surface area contributed by atoms with Crippen molar-refractivity contribution in [1.82, 2.24) is 9.55 Å². The Labute approximate surface area is 174 Å². The Morgan fingerprint density at radius 1 is 1.10 bits per heavy atom. The number of nitrogens with one attached hydrogen (secondary N) is 1. The number of nitrogens with zero attached hydrogens (tertiary/aromatic N) is 2. The molecule has 1 amide bonds. The van der Waals surface area contributed by atoms with Crippen molar-refractivity contribution < 1.29 is 14.7 Å². The summed E-state index contributed by atoms with van der Waals surface area (Å²) in [7, 11) is 0. The van der Waals surface area contributed by atoms with Crippen LogP contribution in [0.25, 0.3) is 0 Å². The van der Waals surface area contributed by atoms with Gasteiger partial charge in [-0.1, -0.05) is 41.6 Å². The lowest BCUT2D eigenvalue weighted by atomic mass is 10.1. The number of hydrogen-bond donors (Lipinski definition) is 2. The lowest BCUT2D eigenvalue weighted by Gasteiger charge is -2.09. The van der Waals surface area contributed by atoms with E-state index in [-0.39, 0.29) is 24.1 Å². The highest BCUT2D eigenvalue weighted by Gasteiger charge is 2.12. The van der Waals surface area contributed by atoms with Gasteiger partial charge in [-0.25, -0.2) is 4.98 Å². The molecule has 0 saturated carbocycles. The molecular weight excluding hydrogens is 386 g/mol.